The van der Waals surface area contributed by atoms with Crippen molar-refractivity contribution in [1.29, 1.82) is 0 Å². The summed E-state index contributed by atoms with van der Waals surface area (Å²) in [5.74, 6) is -1.18. The van der Waals surface area contributed by atoms with Gasteiger partial charge in [0.25, 0.3) is 0 Å². The number of nitrogens with one attached hydrogen (secondary N) is 1. The van der Waals surface area contributed by atoms with Gasteiger partial charge in [-0.3, -0.25) is 4.79 Å². The molecule has 1 N–H and O–H groups in total. The molecule has 0 saturated heterocycles. The molecule has 0 bridgehead atoms. The number of carbonyl (C=O) groups excluding carboxylic acids is 1. The second kappa shape index (κ2) is 6.86. The van der Waals surface area contributed by atoms with E-state index in [1.165, 1.54) is 18.2 Å². The molecule has 142 valence electrons. The van der Waals surface area contributed by atoms with Gasteiger partial charge in [-0.05, 0) is 36.8 Å². The molecule has 2 heterocycles. The maximum atomic E-state index is 13.2. The Hall–Kier alpha value is -3.17. The number of rotatable bonds is 4. The van der Waals surface area contributed by atoms with Crippen LogP contribution in [0.3, 0.4) is 0 Å². The smallest absolute Gasteiger partial charge is 0.348 e. The SMILES string of the molecule is C[C@H](NC(=O)Cn1nc2ccc(F)cn2c1=O)c1ccc(C(F)(F)F)cc1. The molecule has 0 unspecified atom stereocenters. The third-order valence-corrected chi connectivity index (χ3v) is 3.95. The first-order chi connectivity index (χ1) is 12.6. The highest BCUT2D eigenvalue weighted by Gasteiger charge is 2.30. The average Bonchev–Trinajstić information content (AvgIpc) is 2.90. The zero-order valence-electron chi connectivity index (χ0n) is 14.0. The molecule has 27 heavy (non-hydrogen) atoms. The Morgan fingerprint density at radius 1 is 1.19 bits per heavy atom. The van der Waals surface area contributed by atoms with Crippen LogP contribution in [0.1, 0.15) is 24.1 Å². The quantitative estimate of drug-likeness (QED) is 0.705. The van der Waals surface area contributed by atoms with Gasteiger partial charge in [0.15, 0.2) is 5.65 Å². The first-order valence-electron chi connectivity index (χ1n) is 7.86. The molecular weight excluding hydrogens is 368 g/mol. The highest BCUT2D eigenvalue weighted by molar-refractivity contribution is 5.76. The second-order valence-corrected chi connectivity index (χ2v) is 5.92. The van der Waals surface area contributed by atoms with Crippen molar-refractivity contribution in [3.8, 4) is 0 Å². The molecule has 0 fully saturated rings. The number of halogens is 4. The minimum Gasteiger partial charge on any atom is -0.348 e. The second-order valence-electron chi connectivity index (χ2n) is 5.92. The predicted molar refractivity (Wildman–Crippen MR) is 87.4 cm³/mol. The van der Waals surface area contributed by atoms with Crippen LogP contribution in [-0.2, 0) is 17.5 Å². The number of benzene rings is 1. The van der Waals surface area contributed by atoms with E-state index >= 15 is 0 Å². The molecule has 3 aromatic rings. The van der Waals surface area contributed by atoms with Crippen LogP contribution in [0.5, 0.6) is 0 Å². The highest BCUT2D eigenvalue weighted by Crippen LogP contribution is 2.29. The van der Waals surface area contributed by atoms with E-state index in [2.05, 4.69) is 10.4 Å². The number of aromatic nitrogens is 3. The maximum Gasteiger partial charge on any atom is 0.416 e. The van der Waals surface area contributed by atoms with Crippen LogP contribution in [0, 0.1) is 5.82 Å². The highest BCUT2D eigenvalue weighted by atomic mass is 19.4. The normalized spacial score (nSPS) is 12.9. The third kappa shape index (κ3) is 3.99. The molecule has 2 aromatic heterocycles. The van der Waals surface area contributed by atoms with E-state index < -0.39 is 41.7 Å². The summed E-state index contributed by atoms with van der Waals surface area (Å²) < 4.78 is 52.8. The third-order valence-electron chi connectivity index (χ3n) is 3.95. The summed E-state index contributed by atoms with van der Waals surface area (Å²) in [5.41, 5.74) is -0.805. The fourth-order valence-corrected chi connectivity index (χ4v) is 2.56. The van der Waals surface area contributed by atoms with E-state index in [0.29, 0.717) is 5.56 Å². The number of amides is 1. The first kappa shape index (κ1) is 18.6. The topological polar surface area (TPSA) is 68.4 Å². The Bertz CT molecular complexity index is 1040. The fourth-order valence-electron chi connectivity index (χ4n) is 2.56. The minimum atomic E-state index is -4.44. The molecule has 1 atom stereocenters. The fraction of sp³-hybridized carbons (Fsp3) is 0.235. The van der Waals surface area contributed by atoms with Crippen LogP contribution in [0.15, 0.2) is 47.4 Å². The molecule has 1 amide bonds. The zero-order valence-corrected chi connectivity index (χ0v) is 14.0. The Kier molecular flexibility index (Phi) is 4.73. The van der Waals surface area contributed by atoms with Crippen molar-refractivity contribution in [1.82, 2.24) is 19.5 Å². The standard InChI is InChI=1S/C17H14F4N4O2/c1-10(11-2-4-12(5-3-11)17(19,20)21)22-15(26)9-25-16(27)24-8-13(18)6-7-14(24)23-25/h2-8,10H,9H2,1H3,(H,22,26)/t10-/m0/s1. The number of hydrogen-bond donors (Lipinski definition) is 1. The lowest BCUT2D eigenvalue weighted by molar-refractivity contribution is -0.137. The van der Waals surface area contributed by atoms with Crippen molar-refractivity contribution in [3.05, 3.63) is 70.0 Å². The molecule has 0 aliphatic rings. The van der Waals surface area contributed by atoms with Gasteiger partial charge in [-0.15, -0.1) is 5.10 Å². The van der Waals surface area contributed by atoms with Crippen LogP contribution in [0.4, 0.5) is 17.6 Å². The van der Waals surface area contributed by atoms with Crippen LogP contribution < -0.4 is 11.0 Å². The summed E-state index contributed by atoms with van der Waals surface area (Å²) in [4.78, 5) is 24.3. The number of nitrogens with zero attached hydrogens (tertiary/aromatic N) is 3. The molecule has 0 saturated carbocycles. The number of carbonyl (C=O) groups is 1. The molecule has 1 aromatic carbocycles. The van der Waals surface area contributed by atoms with E-state index in [9.17, 15) is 27.2 Å². The number of alkyl halides is 3. The van der Waals surface area contributed by atoms with E-state index in [1.54, 1.807) is 6.92 Å². The van der Waals surface area contributed by atoms with Gasteiger partial charge in [-0.2, -0.15) is 13.2 Å². The van der Waals surface area contributed by atoms with E-state index in [0.717, 1.165) is 33.5 Å². The van der Waals surface area contributed by atoms with Crippen LogP contribution >= 0.6 is 0 Å². The molecule has 0 aliphatic carbocycles. The van der Waals surface area contributed by atoms with Gasteiger partial charge in [0.1, 0.15) is 12.4 Å². The van der Waals surface area contributed by atoms with Gasteiger partial charge in [-0.25, -0.2) is 18.3 Å². The summed E-state index contributed by atoms with van der Waals surface area (Å²) in [6.07, 6.45) is -3.47. The van der Waals surface area contributed by atoms with Gasteiger partial charge in [0.05, 0.1) is 17.8 Å². The molecule has 0 radical (unpaired) electrons. The molecular formula is C17H14F4N4O2. The van der Waals surface area contributed by atoms with E-state index in [1.807, 2.05) is 0 Å². The summed E-state index contributed by atoms with van der Waals surface area (Å²) in [6.45, 7) is 1.19. The van der Waals surface area contributed by atoms with Crippen molar-refractivity contribution in [3.63, 3.8) is 0 Å². The maximum absolute atomic E-state index is 13.2. The predicted octanol–water partition coefficient (Wildman–Crippen LogP) is 2.53. The monoisotopic (exact) mass is 382 g/mol. The molecule has 0 spiro atoms. The summed E-state index contributed by atoms with van der Waals surface area (Å²) in [7, 11) is 0. The molecule has 0 aliphatic heterocycles. The summed E-state index contributed by atoms with van der Waals surface area (Å²) >= 11 is 0. The van der Waals surface area contributed by atoms with Gasteiger partial charge in [0.2, 0.25) is 5.91 Å². The van der Waals surface area contributed by atoms with Crippen molar-refractivity contribution >= 4 is 11.6 Å². The number of hydrogen-bond acceptors (Lipinski definition) is 3. The molecule has 6 nitrogen and oxygen atoms in total. The average molecular weight is 382 g/mol. The summed E-state index contributed by atoms with van der Waals surface area (Å²) in [6, 6.07) is 6.26. The largest absolute Gasteiger partial charge is 0.416 e. The van der Waals surface area contributed by atoms with Crippen molar-refractivity contribution in [2.45, 2.75) is 25.7 Å². The van der Waals surface area contributed by atoms with Crippen LogP contribution in [0.25, 0.3) is 5.65 Å². The van der Waals surface area contributed by atoms with Crippen LogP contribution in [0.2, 0.25) is 0 Å². The minimum absolute atomic E-state index is 0.185. The van der Waals surface area contributed by atoms with Crippen LogP contribution in [-0.4, -0.2) is 20.1 Å². The van der Waals surface area contributed by atoms with Gasteiger partial charge in [0, 0.05) is 0 Å². The number of pyridine rings is 1. The van der Waals surface area contributed by atoms with Crippen molar-refractivity contribution in [2.24, 2.45) is 0 Å². The molecule has 3 rings (SSSR count). The Labute approximate surface area is 150 Å². The Morgan fingerprint density at radius 2 is 1.85 bits per heavy atom. The van der Waals surface area contributed by atoms with Gasteiger partial charge in [-0.1, -0.05) is 12.1 Å². The Morgan fingerprint density at radius 3 is 2.48 bits per heavy atom. The lowest BCUT2D eigenvalue weighted by atomic mass is 10.1. The zero-order chi connectivity index (χ0) is 19.8. The van der Waals surface area contributed by atoms with Crippen molar-refractivity contribution < 1.29 is 22.4 Å². The van der Waals surface area contributed by atoms with Crippen molar-refractivity contribution in [2.75, 3.05) is 0 Å². The van der Waals surface area contributed by atoms with E-state index in [4.69, 9.17) is 0 Å². The summed E-state index contributed by atoms with van der Waals surface area (Å²) in [5, 5.41) is 6.51. The number of fused-ring (bicyclic) bond motifs is 1. The van der Waals surface area contributed by atoms with E-state index in [-0.39, 0.29) is 5.65 Å². The molecule has 10 heteroatoms. The lowest BCUT2D eigenvalue weighted by Crippen LogP contribution is -2.34. The first-order valence-corrected chi connectivity index (χ1v) is 7.86. The van der Waals surface area contributed by atoms with Gasteiger partial charge < -0.3 is 5.32 Å². The Balaban J connectivity index is 1.70. The van der Waals surface area contributed by atoms with Gasteiger partial charge >= 0.3 is 11.9 Å². The lowest BCUT2D eigenvalue weighted by Gasteiger charge is -2.15.